The van der Waals surface area contributed by atoms with Crippen molar-refractivity contribution in [3.05, 3.63) is 11.6 Å². The molecule has 3 heterocycles. The summed E-state index contributed by atoms with van der Waals surface area (Å²) in [5.41, 5.74) is 0.372. The molecule has 0 aromatic rings. The summed E-state index contributed by atoms with van der Waals surface area (Å²) in [6, 6.07) is 0. The summed E-state index contributed by atoms with van der Waals surface area (Å²) in [4.78, 5) is 11.9. The fraction of sp³-hybridized carbons (Fsp3) is 0.919. The van der Waals surface area contributed by atoms with Gasteiger partial charge in [0, 0.05) is 38.6 Å². The molecular weight excluding hydrogens is 604 g/mol. The van der Waals surface area contributed by atoms with Crippen LogP contribution in [-0.2, 0) is 38.0 Å². The predicted molar refractivity (Wildman–Crippen MR) is 171 cm³/mol. The Kier molecular flexibility index (Phi) is 9.42. The van der Waals surface area contributed by atoms with Crippen molar-refractivity contribution in [3.63, 3.8) is 0 Å². The van der Waals surface area contributed by atoms with Gasteiger partial charge in [-0.25, -0.2) is 4.79 Å². The number of rotatable bonds is 7. The van der Waals surface area contributed by atoms with E-state index in [4.69, 9.17) is 33.2 Å². The lowest BCUT2D eigenvalue weighted by Crippen LogP contribution is -2.62. The zero-order chi connectivity index (χ0) is 33.3. The molecule has 6 fully saturated rings. The van der Waals surface area contributed by atoms with E-state index in [1.807, 2.05) is 13.8 Å². The van der Waals surface area contributed by atoms with Crippen molar-refractivity contribution in [1.29, 1.82) is 0 Å². The quantitative estimate of drug-likeness (QED) is 0.294. The predicted octanol–water partition coefficient (Wildman–Crippen LogP) is 4.67. The lowest BCUT2D eigenvalue weighted by molar-refractivity contribution is -0.321. The van der Waals surface area contributed by atoms with Crippen LogP contribution in [0.1, 0.15) is 98.3 Å². The van der Waals surface area contributed by atoms with Gasteiger partial charge in [0.15, 0.2) is 12.6 Å². The molecule has 266 valence electrons. The van der Waals surface area contributed by atoms with Crippen LogP contribution >= 0.6 is 0 Å². The van der Waals surface area contributed by atoms with Gasteiger partial charge in [0.25, 0.3) is 0 Å². The van der Waals surface area contributed by atoms with Crippen LogP contribution in [0, 0.1) is 34.5 Å². The maximum atomic E-state index is 12.5. The summed E-state index contributed by atoms with van der Waals surface area (Å²) in [6.07, 6.45) is 8.88. The van der Waals surface area contributed by atoms with E-state index in [1.54, 1.807) is 20.3 Å². The highest BCUT2D eigenvalue weighted by molar-refractivity contribution is 5.85. The number of hydrogen-bond acceptors (Lipinski definition) is 10. The van der Waals surface area contributed by atoms with Crippen molar-refractivity contribution in [1.82, 2.24) is 0 Å². The number of methoxy groups -OCH3 is 2. The number of aliphatic hydroxyl groups excluding tert-OH is 1. The van der Waals surface area contributed by atoms with Gasteiger partial charge in [-0.05, 0) is 106 Å². The minimum absolute atomic E-state index is 0.128. The third-order valence-corrected chi connectivity index (χ3v) is 14.5. The first-order chi connectivity index (χ1) is 22.4. The standard InChI is InChI=1S/C37H58O10/c1-20-33(39)28(41-5)17-32(44-20)47-34-21(2)45-31(18-29(34)42-6)46-24-9-12-35(3)23(16-24)7-8-27-26(35)10-13-36(4)25(11-14-37(27,36)40)22-15-30(38)43-19-22/h15,20-21,23-29,31-34,39-40H,7-14,16-19H2,1-6H3/t20-,21-,23-,24+,25-,26+,27-,28-,29-,31-,32+,33-,34-,35+,36-,37+/m1/s1. The minimum atomic E-state index is -0.695. The molecule has 7 rings (SSSR count). The molecule has 4 saturated carbocycles. The largest absolute Gasteiger partial charge is 0.458 e. The lowest BCUT2D eigenvalue weighted by atomic mass is 9.43. The summed E-state index contributed by atoms with van der Waals surface area (Å²) in [7, 11) is 3.31. The number of fused-ring (bicyclic) bond motifs is 5. The van der Waals surface area contributed by atoms with Crippen LogP contribution in [0.25, 0.3) is 0 Å². The van der Waals surface area contributed by atoms with Crippen molar-refractivity contribution in [2.24, 2.45) is 34.5 Å². The van der Waals surface area contributed by atoms with Crippen LogP contribution in [0.5, 0.6) is 0 Å². The number of aliphatic hydroxyl groups is 2. The molecule has 10 heteroatoms. The Bertz CT molecular complexity index is 1190. The molecule has 0 radical (unpaired) electrons. The molecule has 10 nitrogen and oxygen atoms in total. The highest BCUT2D eigenvalue weighted by Gasteiger charge is 2.67. The SMILES string of the molecule is CO[C@@H]1C[C@H](O[C@@H]2[C@@H](C)O[C@H](O[C@H]3CC[C@@]4(C)[C@H](CC[C@@H]5[C@@H]4CC[C@]4(C)[C@@H](C6=CC(=O)OC6)CC[C@]54O)C3)C[C@H]2OC)O[C@H](C)[C@H]1O. The van der Waals surface area contributed by atoms with Crippen LogP contribution in [0.4, 0.5) is 0 Å². The Labute approximate surface area is 280 Å². The summed E-state index contributed by atoms with van der Waals surface area (Å²) < 4.78 is 42.2. The number of ether oxygens (including phenoxy) is 7. The maximum Gasteiger partial charge on any atom is 0.331 e. The third-order valence-electron chi connectivity index (χ3n) is 14.5. The second-order valence-corrected chi connectivity index (χ2v) is 16.5. The first-order valence-corrected chi connectivity index (χ1v) is 18.3. The number of hydrogen-bond donors (Lipinski definition) is 2. The fourth-order valence-electron chi connectivity index (χ4n) is 11.7. The van der Waals surface area contributed by atoms with Crippen molar-refractivity contribution >= 4 is 5.97 Å². The Morgan fingerprint density at radius 2 is 1.55 bits per heavy atom. The monoisotopic (exact) mass is 662 g/mol. The van der Waals surface area contributed by atoms with E-state index in [9.17, 15) is 15.0 Å². The average Bonchev–Trinajstić information content (AvgIpc) is 3.59. The van der Waals surface area contributed by atoms with Gasteiger partial charge in [0.05, 0.1) is 36.1 Å². The highest BCUT2D eigenvalue weighted by Crippen LogP contribution is 2.70. The first kappa shape index (κ1) is 34.3. The highest BCUT2D eigenvalue weighted by atomic mass is 16.7. The van der Waals surface area contributed by atoms with Crippen molar-refractivity contribution in [2.45, 2.75) is 159 Å². The van der Waals surface area contributed by atoms with E-state index < -0.39 is 24.1 Å². The van der Waals surface area contributed by atoms with E-state index in [-0.39, 0.29) is 59.5 Å². The molecule has 0 aromatic carbocycles. The second-order valence-electron chi connectivity index (χ2n) is 16.5. The van der Waals surface area contributed by atoms with Crippen LogP contribution < -0.4 is 0 Å². The van der Waals surface area contributed by atoms with Crippen molar-refractivity contribution < 1.29 is 48.2 Å². The molecule has 0 spiro atoms. The zero-order valence-electron chi connectivity index (χ0n) is 29.2. The molecule has 0 aromatic heterocycles. The molecule has 4 aliphatic carbocycles. The average molecular weight is 663 g/mol. The van der Waals surface area contributed by atoms with E-state index in [0.29, 0.717) is 37.2 Å². The molecule has 2 saturated heterocycles. The Morgan fingerprint density at radius 3 is 2.28 bits per heavy atom. The summed E-state index contributed by atoms with van der Waals surface area (Å²) in [5, 5.41) is 22.9. The summed E-state index contributed by atoms with van der Waals surface area (Å²) >= 11 is 0. The second kappa shape index (κ2) is 12.9. The third kappa shape index (κ3) is 5.75. The molecule has 47 heavy (non-hydrogen) atoms. The number of carbonyl (C=O) groups is 1. The lowest BCUT2D eigenvalue weighted by Gasteiger charge is -2.64. The minimum Gasteiger partial charge on any atom is -0.458 e. The van der Waals surface area contributed by atoms with E-state index >= 15 is 0 Å². The summed E-state index contributed by atoms with van der Waals surface area (Å²) in [6.45, 7) is 9.02. The smallest absolute Gasteiger partial charge is 0.331 e. The van der Waals surface area contributed by atoms with Gasteiger partial charge >= 0.3 is 5.97 Å². The Morgan fingerprint density at radius 1 is 0.830 bits per heavy atom. The molecule has 7 aliphatic rings. The zero-order valence-corrected chi connectivity index (χ0v) is 29.2. The van der Waals surface area contributed by atoms with Gasteiger partial charge in [-0.1, -0.05) is 13.8 Å². The molecule has 16 atom stereocenters. The maximum absolute atomic E-state index is 12.5. The molecule has 0 unspecified atom stereocenters. The molecule has 3 aliphatic heterocycles. The van der Waals surface area contributed by atoms with Gasteiger partial charge in [0.1, 0.15) is 18.8 Å². The van der Waals surface area contributed by atoms with E-state index in [2.05, 4.69) is 13.8 Å². The Balaban J connectivity index is 0.965. The molecule has 2 N–H and O–H groups in total. The van der Waals surface area contributed by atoms with E-state index in [0.717, 1.165) is 63.4 Å². The van der Waals surface area contributed by atoms with Crippen LogP contribution in [-0.4, -0.2) is 97.9 Å². The fourth-order valence-corrected chi connectivity index (χ4v) is 11.7. The van der Waals surface area contributed by atoms with Gasteiger partial charge in [0.2, 0.25) is 0 Å². The molecule has 0 bridgehead atoms. The van der Waals surface area contributed by atoms with Crippen LogP contribution in [0.15, 0.2) is 11.6 Å². The number of cyclic esters (lactones) is 1. The molecular formula is C37H58O10. The first-order valence-electron chi connectivity index (χ1n) is 18.3. The normalized spacial score (nSPS) is 53.1. The van der Waals surface area contributed by atoms with Crippen molar-refractivity contribution in [2.75, 3.05) is 20.8 Å². The van der Waals surface area contributed by atoms with Crippen molar-refractivity contribution in [3.8, 4) is 0 Å². The topological polar surface area (TPSA) is 122 Å². The van der Waals surface area contributed by atoms with Gasteiger partial charge in [-0.2, -0.15) is 0 Å². The van der Waals surface area contributed by atoms with Crippen LogP contribution in [0.2, 0.25) is 0 Å². The summed E-state index contributed by atoms with van der Waals surface area (Å²) in [5.74, 6) is 1.34. The van der Waals surface area contributed by atoms with E-state index in [1.165, 1.54) is 0 Å². The number of carbonyl (C=O) groups excluding carboxylic acids is 1. The molecule has 0 amide bonds. The van der Waals surface area contributed by atoms with Gasteiger partial charge < -0.3 is 43.4 Å². The Hall–Kier alpha value is -1.11. The van der Waals surface area contributed by atoms with Crippen LogP contribution in [0.3, 0.4) is 0 Å². The number of esters is 1. The van der Waals surface area contributed by atoms with Gasteiger partial charge in [-0.15, -0.1) is 0 Å². The van der Waals surface area contributed by atoms with Gasteiger partial charge in [-0.3, -0.25) is 0 Å².